The Bertz CT molecular complexity index is 1100. The Morgan fingerprint density at radius 2 is 1.87 bits per heavy atom. The number of nitrogens with one attached hydrogen (secondary N) is 1. The second kappa shape index (κ2) is 8.87. The third-order valence-corrected chi connectivity index (χ3v) is 5.13. The van der Waals surface area contributed by atoms with Crippen molar-refractivity contribution in [3.63, 3.8) is 0 Å². The van der Waals surface area contributed by atoms with Gasteiger partial charge in [-0.15, -0.1) is 0 Å². The molecule has 0 saturated heterocycles. The van der Waals surface area contributed by atoms with Gasteiger partial charge < -0.3 is 19.7 Å². The van der Waals surface area contributed by atoms with Crippen molar-refractivity contribution < 1.29 is 19.1 Å². The van der Waals surface area contributed by atoms with E-state index in [1.807, 2.05) is 30.3 Å². The van der Waals surface area contributed by atoms with Crippen molar-refractivity contribution in [2.75, 3.05) is 19.0 Å². The molecule has 7 nitrogen and oxygen atoms in total. The Labute approximate surface area is 180 Å². The maximum Gasteiger partial charge on any atom is 0.340 e. The lowest BCUT2D eigenvalue weighted by Crippen LogP contribution is -2.32. The van der Waals surface area contributed by atoms with E-state index >= 15 is 0 Å². The molecule has 1 aliphatic rings. The molecule has 2 heterocycles. The van der Waals surface area contributed by atoms with Crippen molar-refractivity contribution in [2.45, 2.75) is 19.6 Å². The number of nitrogens with zero attached hydrogens (tertiary/aromatic N) is 2. The summed E-state index contributed by atoms with van der Waals surface area (Å²) in [5.41, 5.74) is 3.11. The van der Waals surface area contributed by atoms with E-state index in [4.69, 9.17) is 9.47 Å². The van der Waals surface area contributed by atoms with Crippen molar-refractivity contribution >= 4 is 17.6 Å². The van der Waals surface area contributed by atoms with Gasteiger partial charge in [-0.1, -0.05) is 24.3 Å². The number of carbonyl (C=O) groups is 2. The Hall–Kier alpha value is -3.87. The third-order valence-electron chi connectivity index (χ3n) is 5.13. The van der Waals surface area contributed by atoms with E-state index in [9.17, 15) is 9.59 Å². The van der Waals surface area contributed by atoms with Crippen molar-refractivity contribution in [3.05, 3.63) is 89.2 Å². The molecule has 0 unspecified atom stereocenters. The highest BCUT2D eigenvalue weighted by molar-refractivity contribution is 6.00. The number of hydrogen-bond acceptors (Lipinski definition) is 6. The van der Waals surface area contributed by atoms with E-state index in [1.54, 1.807) is 55.5 Å². The van der Waals surface area contributed by atoms with Crippen LogP contribution in [0.15, 0.2) is 66.9 Å². The molecule has 1 aromatic heterocycles. The minimum atomic E-state index is -0.527. The zero-order valence-electron chi connectivity index (χ0n) is 17.4. The summed E-state index contributed by atoms with van der Waals surface area (Å²) < 4.78 is 10.4. The van der Waals surface area contributed by atoms with E-state index in [0.717, 1.165) is 11.3 Å². The fourth-order valence-electron chi connectivity index (χ4n) is 3.62. The van der Waals surface area contributed by atoms with Gasteiger partial charge in [0, 0.05) is 12.7 Å². The fraction of sp³-hybridized carbons (Fsp3) is 0.208. The molecule has 1 N–H and O–H groups in total. The highest BCUT2D eigenvalue weighted by Crippen LogP contribution is 2.35. The molecule has 158 valence electrons. The Kier molecular flexibility index (Phi) is 5.84. The summed E-state index contributed by atoms with van der Waals surface area (Å²) in [5, 5.41) is 3.35. The average molecular weight is 417 g/mol. The number of methoxy groups -OCH3 is 1. The van der Waals surface area contributed by atoms with Crippen molar-refractivity contribution in [2.24, 2.45) is 0 Å². The Morgan fingerprint density at radius 1 is 1.10 bits per heavy atom. The molecule has 0 radical (unpaired) electrons. The number of ether oxygens (including phenoxy) is 2. The minimum absolute atomic E-state index is 0.120. The molecular formula is C24H23N3O4. The molecule has 7 heteroatoms. The zero-order chi connectivity index (χ0) is 21.8. The number of fused-ring (bicyclic) bond motifs is 1. The molecule has 2 aromatic carbocycles. The van der Waals surface area contributed by atoms with Crippen LogP contribution in [0.5, 0.6) is 5.75 Å². The van der Waals surface area contributed by atoms with Crippen LogP contribution in [0.2, 0.25) is 0 Å². The highest BCUT2D eigenvalue weighted by Gasteiger charge is 2.38. The van der Waals surface area contributed by atoms with Gasteiger partial charge in [0.1, 0.15) is 11.9 Å². The van der Waals surface area contributed by atoms with Crippen molar-refractivity contribution in [3.8, 4) is 5.75 Å². The largest absolute Gasteiger partial charge is 0.497 e. The van der Waals surface area contributed by atoms with Crippen LogP contribution in [0.4, 0.5) is 5.69 Å². The van der Waals surface area contributed by atoms with E-state index in [2.05, 4.69) is 10.3 Å². The summed E-state index contributed by atoms with van der Waals surface area (Å²) >= 11 is 0. The van der Waals surface area contributed by atoms with Gasteiger partial charge in [-0.2, -0.15) is 0 Å². The van der Waals surface area contributed by atoms with E-state index in [1.165, 1.54) is 0 Å². The number of para-hydroxylation sites is 1. The number of pyridine rings is 1. The maximum absolute atomic E-state index is 13.2. The van der Waals surface area contributed by atoms with E-state index < -0.39 is 12.1 Å². The minimum Gasteiger partial charge on any atom is -0.497 e. The number of rotatable bonds is 7. The second-order valence-electron chi connectivity index (χ2n) is 7.03. The molecule has 1 atom stereocenters. The van der Waals surface area contributed by atoms with Gasteiger partial charge >= 0.3 is 5.97 Å². The number of esters is 1. The first kappa shape index (κ1) is 20.4. The summed E-state index contributed by atoms with van der Waals surface area (Å²) in [6.07, 6.45) is 1.14. The lowest BCUT2D eigenvalue weighted by molar-refractivity contribution is 0.0527. The Balaban J connectivity index is 1.68. The van der Waals surface area contributed by atoms with Crippen LogP contribution in [0, 0.1) is 0 Å². The number of carbonyl (C=O) groups excluding carboxylic acids is 2. The van der Waals surface area contributed by atoms with Crippen LogP contribution >= 0.6 is 0 Å². The van der Waals surface area contributed by atoms with Gasteiger partial charge in [-0.3, -0.25) is 9.78 Å². The molecule has 1 aliphatic heterocycles. The monoisotopic (exact) mass is 417 g/mol. The summed E-state index contributed by atoms with van der Waals surface area (Å²) in [7, 11) is 1.61. The first-order valence-corrected chi connectivity index (χ1v) is 10.0. The summed E-state index contributed by atoms with van der Waals surface area (Å²) in [6.45, 7) is 2.42. The predicted molar refractivity (Wildman–Crippen MR) is 116 cm³/mol. The molecule has 0 bridgehead atoms. The Morgan fingerprint density at radius 3 is 2.61 bits per heavy atom. The molecule has 0 aliphatic carbocycles. The van der Waals surface area contributed by atoms with Crippen LogP contribution in [-0.2, 0) is 11.3 Å². The number of benzene rings is 2. The molecule has 0 saturated carbocycles. The number of hydrogen-bond donors (Lipinski definition) is 1. The zero-order valence-corrected chi connectivity index (χ0v) is 17.4. The fourth-order valence-corrected chi connectivity index (χ4v) is 3.62. The first-order valence-electron chi connectivity index (χ1n) is 10.0. The quantitative estimate of drug-likeness (QED) is 0.585. The normalized spacial score (nSPS) is 14.8. The van der Waals surface area contributed by atoms with Gasteiger partial charge in [0.2, 0.25) is 0 Å². The summed E-state index contributed by atoms with van der Waals surface area (Å²) in [5.74, 6) is 0.211. The van der Waals surface area contributed by atoms with Gasteiger partial charge in [0.15, 0.2) is 0 Å². The SMILES string of the molecule is CCOC(=O)c1ccccc1N[C@H]1c2ncccc2C(=O)N1Cc1ccc(OC)cc1. The number of amides is 1. The van der Waals surface area contributed by atoms with Crippen LogP contribution in [0.25, 0.3) is 0 Å². The third kappa shape index (κ3) is 4.07. The smallest absolute Gasteiger partial charge is 0.340 e. The highest BCUT2D eigenvalue weighted by atomic mass is 16.5. The lowest BCUT2D eigenvalue weighted by atomic mass is 10.1. The number of anilines is 1. The molecule has 1 amide bonds. The second-order valence-corrected chi connectivity index (χ2v) is 7.03. The molecular weight excluding hydrogens is 394 g/mol. The molecule has 0 fully saturated rings. The molecule has 31 heavy (non-hydrogen) atoms. The standard InChI is InChI=1S/C24H23N3O4/c1-3-31-24(29)18-7-4-5-9-20(18)26-22-21-19(8-6-14-25-21)23(28)27(22)15-16-10-12-17(30-2)13-11-16/h4-14,22,26H,3,15H2,1-2H3/t22-/m1/s1. The van der Waals surface area contributed by atoms with Crippen LogP contribution in [-0.4, -0.2) is 35.5 Å². The average Bonchev–Trinajstić information content (AvgIpc) is 3.06. The summed E-state index contributed by atoms with van der Waals surface area (Å²) in [6, 6.07) is 18.2. The maximum atomic E-state index is 13.2. The number of aromatic nitrogens is 1. The van der Waals surface area contributed by atoms with Crippen LogP contribution < -0.4 is 10.1 Å². The van der Waals surface area contributed by atoms with Gasteiger partial charge in [0.25, 0.3) is 5.91 Å². The lowest BCUT2D eigenvalue weighted by Gasteiger charge is -2.27. The van der Waals surface area contributed by atoms with Crippen LogP contribution in [0.1, 0.15) is 45.1 Å². The van der Waals surface area contributed by atoms with E-state index in [-0.39, 0.29) is 12.5 Å². The molecule has 3 aromatic rings. The van der Waals surface area contributed by atoms with Gasteiger partial charge in [-0.05, 0) is 48.9 Å². The molecule has 4 rings (SSSR count). The van der Waals surface area contributed by atoms with Gasteiger partial charge in [0.05, 0.1) is 36.2 Å². The topological polar surface area (TPSA) is 80.8 Å². The van der Waals surface area contributed by atoms with Crippen molar-refractivity contribution in [1.82, 2.24) is 9.88 Å². The van der Waals surface area contributed by atoms with Crippen molar-refractivity contribution in [1.29, 1.82) is 0 Å². The summed E-state index contributed by atoms with van der Waals surface area (Å²) in [4.78, 5) is 31.8. The first-order chi connectivity index (χ1) is 15.1. The molecule has 0 spiro atoms. The van der Waals surface area contributed by atoms with Gasteiger partial charge in [-0.25, -0.2) is 4.79 Å². The predicted octanol–water partition coefficient (Wildman–Crippen LogP) is 4.03. The van der Waals surface area contributed by atoms with Crippen LogP contribution in [0.3, 0.4) is 0 Å². The van der Waals surface area contributed by atoms with E-state index in [0.29, 0.717) is 29.1 Å².